The highest BCUT2D eigenvalue weighted by Gasteiger charge is 2.20. The highest BCUT2D eigenvalue weighted by Crippen LogP contribution is 2.27. The van der Waals surface area contributed by atoms with Crippen molar-refractivity contribution >= 4 is 15.9 Å². The van der Waals surface area contributed by atoms with Crippen LogP contribution in [0.2, 0.25) is 0 Å². The molecule has 1 fully saturated rings. The van der Waals surface area contributed by atoms with Gasteiger partial charge < -0.3 is 24.0 Å². The van der Waals surface area contributed by atoms with Crippen molar-refractivity contribution in [2.24, 2.45) is 0 Å². The maximum Gasteiger partial charge on any atom is 0.260 e. The van der Waals surface area contributed by atoms with Crippen molar-refractivity contribution in [2.45, 2.75) is 18.2 Å². The van der Waals surface area contributed by atoms with Crippen molar-refractivity contribution in [1.82, 2.24) is 14.5 Å². The van der Waals surface area contributed by atoms with Crippen LogP contribution in [0.15, 0.2) is 47.4 Å². The van der Waals surface area contributed by atoms with E-state index in [1.807, 2.05) is 12.1 Å². The van der Waals surface area contributed by atoms with E-state index in [-0.39, 0.29) is 24.0 Å². The minimum absolute atomic E-state index is 0.0655. The molecule has 34 heavy (non-hydrogen) atoms. The maximum atomic E-state index is 12.6. The van der Waals surface area contributed by atoms with Crippen molar-refractivity contribution in [3.05, 3.63) is 48.0 Å². The van der Waals surface area contributed by atoms with Crippen LogP contribution >= 0.6 is 0 Å². The fourth-order valence-electron chi connectivity index (χ4n) is 3.71. The first-order valence-electron chi connectivity index (χ1n) is 11.3. The molecule has 1 saturated heterocycles. The van der Waals surface area contributed by atoms with E-state index in [2.05, 4.69) is 16.5 Å². The second kappa shape index (κ2) is 12.0. The molecule has 1 aliphatic rings. The molecule has 0 bridgehead atoms. The number of methoxy groups -OCH3 is 2. The van der Waals surface area contributed by atoms with Gasteiger partial charge in [-0.2, -0.15) is 0 Å². The number of nitrogens with one attached hydrogen (secondary N) is 1. The van der Waals surface area contributed by atoms with Gasteiger partial charge in [0.25, 0.3) is 5.91 Å². The average molecular weight is 492 g/mol. The number of sulfonamides is 1. The Morgan fingerprint density at radius 1 is 0.971 bits per heavy atom. The lowest BCUT2D eigenvalue weighted by Crippen LogP contribution is -2.49. The summed E-state index contributed by atoms with van der Waals surface area (Å²) in [7, 11) is -0.553. The zero-order valence-corrected chi connectivity index (χ0v) is 20.8. The van der Waals surface area contributed by atoms with Crippen LogP contribution in [0, 0.1) is 0 Å². The number of rotatable bonds is 11. The number of nitrogens with zero attached hydrogens (tertiary/aromatic N) is 2. The maximum absolute atomic E-state index is 12.6. The SMILES string of the molecule is CCN1CCN(C(=O)COc2ccc(S(=O)(=O)NCCc3ccc(OC)c(OC)c3)cc2)CC1. The molecule has 0 aliphatic carbocycles. The highest BCUT2D eigenvalue weighted by molar-refractivity contribution is 7.89. The molecule has 1 heterocycles. The lowest BCUT2D eigenvalue weighted by molar-refractivity contribution is -0.135. The summed E-state index contributed by atoms with van der Waals surface area (Å²) in [6, 6.07) is 11.5. The van der Waals surface area contributed by atoms with Crippen LogP contribution in [0.5, 0.6) is 17.2 Å². The Morgan fingerprint density at radius 3 is 2.26 bits per heavy atom. The van der Waals surface area contributed by atoms with Crippen LogP contribution < -0.4 is 18.9 Å². The third-order valence-electron chi connectivity index (χ3n) is 5.82. The lowest BCUT2D eigenvalue weighted by Gasteiger charge is -2.33. The highest BCUT2D eigenvalue weighted by atomic mass is 32.2. The normalized spacial score (nSPS) is 14.6. The Kier molecular flexibility index (Phi) is 9.14. The second-order valence-electron chi connectivity index (χ2n) is 7.91. The number of benzene rings is 2. The fourth-order valence-corrected chi connectivity index (χ4v) is 4.75. The summed E-state index contributed by atoms with van der Waals surface area (Å²) >= 11 is 0. The number of hydrogen-bond donors (Lipinski definition) is 1. The number of carbonyl (C=O) groups is 1. The van der Waals surface area contributed by atoms with E-state index in [1.165, 1.54) is 12.1 Å². The van der Waals surface area contributed by atoms with Crippen LogP contribution in [-0.4, -0.2) is 84.2 Å². The van der Waals surface area contributed by atoms with Gasteiger partial charge in [0.2, 0.25) is 10.0 Å². The molecule has 0 atom stereocenters. The molecule has 1 N–H and O–H groups in total. The first-order valence-corrected chi connectivity index (χ1v) is 12.8. The van der Waals surface area contributed by atoms with E-state index in [1.54, 1.807) is 37.3 Å². The minimum Gasteiger partial charge on any atom is -0.493 e. The Morgan fingerprint density at radius 2 is 1.65 bits per heavy atom. The van der Waals surface area contributed by atoms with E-state index >= 15 is 0 Å². The van der Waals surface area contributed by atoms with Gasteiger partial charge >= 0.3 is 0 Å². The van der Waals surface area contributed by atoms with E-state index in [0.29, 0.717) is 36.8 Å². The number of piperazine rings is 1. The molecule has 2 aromatic carbocycles. The molecule has 186 valence electrons. The Balaban J connectivity index is 1.48. The second-order valence-corrected chi connectivity index (χ2v) is 9.68. The van der Waals surface area contributed by atoms with E-state index < -0.39 is 10.0 Å². The summed E-state index contributed by atoms with van der Waals surface area (Å²) in [5, 5.41) is 0. The molecule has 0 radical (unpaired) electrons. The summed E-state index contributed by atoms with van der Waals surface area (Å²) in [4.78, 5) is 16.6. The lowest BCUT2D eigenvalue weighted by atomic mass is 10.1. The van der Waals surface area contributed by atoms with Gasteiger partial charge in [-0.1, -0.05) is 13.0 Å². The average Bonchev–Trinajstić information content (AvgIpc) is 2.87. The molecule has 0 spiro atoms. The van der Waals surface area contributed by atoms with Crippen molar-refractivity contribution in [3.8, 4) is 17.2 Å². The van der Waals surface area contributed by atoms with Gasteiger partial charge in [0.15, 0.2) is 18.1 Å². The Hall–Kier alpha value is -2.82. The molecule has 10 heteroatoms. The summed E-state index contributed by atoms with van der Waals surface area (Å²) < 4.78 is 43.9. The van der Waals surface area contributed by atoms with Gasteiger partial charge in [0.1, 0.15) is 5.75 Å². The third kappa shape index (κ3) is 6.85. The molecule has 1 amide bonds. The molecular formula is C24H33N3O6S. The van der Waals surface area contributed by atoms with Crippen LogP contribution in [-0.2, 0) is 21.2 Å². The summed E-state index contributed by atoms with van der Waals surface area (Å²) in [6.45, 7) is 6.39. The summed E-state index contributed by atoms with van der Waals surface area (Å²) in [5.74, 6) is 1.60. The quantitative estimate of drug-likeness (QED) is 0.512. The van der Waals surface area contributed by atoms with Crippen LogP contribution in [0.25, 0.3) is 0 Å². The van der Waals surface area contributed by atoms with E-state index in [9.17, 15) is 13.2 Å². The molecule has 3 rings (SSSR count). The standard InChI is InChI=1S/C24H33N3O6S/c1-4-26-13-15-27(16-14-26)24(28)18-33-20-6-8-21(9-7-20)34(29,30)25-12-11-19-5-10-22(31-2)23(17-19)32-3/h5-10,17,25H,4,11-16,18H2,1-3H3. The van der Waals surface area contributed by atoms with Gasteiger partial charge in [-0.05, 0) is 54.9 Å². The summed E-state index contributed by atoms with van der Waals surface area (Å²) in [5.41, 5.74) is 0.921. The van der Waals surface area contributed by atoms with Crippen LogP contribution in [0.1, 0.15) is 12.5 Å². The Labute approximate surface area is 201 Å². The van der Waals surface area contributed by atoms with Gasteiger partial charge in [-0.15, -0.1) is 0 Å². The predicted octanol–water partition coefficient (Wildman–Crippen LogP) is 1.77. The molecule has 0 saturated carbocycles. The molecule has 0 unspecified atom stereocenters. The number of carbonyl (C=O) groups excluding carboxylic acids is 1. The largest absolute Gasteiger partial charge is 0.493 e. The molecular weight excluding hydrogens is 458 g/mol. The van der Waals surface area contributed by atoms with Gasteiger partial charge in [0, 0.05) is 32.7 Å². The molecule has 1 aliphatic heterocycles. The van der Waals surface area contributed by atoms with Crippen molar-refractivity contribution < 1.29 is 27.4 Å². The van der Waals surface area contributed by atoms with Gasteiger partial charge in [-0.25, -0.2) is 13.1 Å². The van der Waals surface area contributed by atoms with E-state index in [0.717, 1.165) is 25.2 Å². The molecule has 9 nitrogen and oxygen atoms in total. The first kappa shape index (κ1) is 25.8. The Bertz CT molecular complexity index is 1050. The smallest absolute Gasteiger partial charge is 0.260 e. The number of amides is 1. The molecule has 0 aromatic heterocycles. The molecule has 2 aromatic rings. The topological polar surface area (TPSA) is 97.4 Å². The van der Waals surface area contributed by atoms with Crippen molar-refractivity contribution in [1.29, 1.82) is 0 Å². The zero-order valence-electron chi connectivity index (χ0n) is 20.0. The monoisotopic (exact) mass is 491 g/mol. The number of ether oxygens (including phenoxy) is 3. The third-order valence-corrected chi connectivity index (χ3v) is 7.30. The predicted molar refractivity (Wildman–Crippen MR) is 129 cm³/mol. The summed E-state index contributed by atoms with van der Waals surface area (Å²) in [6.07, 6.45) is 0.495. The van der Waals surface area contributed by atoms with Gasteiger partial charge in [-0.3, -0.25) is 4.79 Å². The van der Waals surface area contributed by atoms with Crippen LogP contribution in [0.4, 0.5) is 0 Å². The van der Waals surface area contributed by atoms with Crippen LogP contribution in [0.3, 0.4) is 0 Å². The first-order chi connectivity index (χ1) is 16.4. The van der Waals surface area contributed by atoms with Gasteiger partial charge in [0.05, 0.1) is 19.1 Å². The zero-order chi connectivity index (χ0) is 24.6. The minimum atomic E-state index is -3.67. The van der Waals surface area contributed by atoms with E-state index in [4.69, 9.17) is 14.2 Å². The number of hydrogen-bond acceptors (Lipinski definition) is 7. The number of likely N-dealkylation sites (N-methyl/N-ethyl adjacent to an activating group) is 1. The van der Waals surface area contributed by atoms with Crippen molar-refractivity contribution in [3.63, 3.8) is 0 Å². The fraction of sp³-hybridized carbons (Fsp3) is 0.458. The van der Waals surface area contributed by atoms with Crippen molar-refractivity contribution in [2.75, 3.05) is 60.1 Å².